The lowest BCUT2D eigenvalue weighted by Gasteiger charge is -2.29. The van der Waals surface area contributed by atoms with E-state index in [4.69, 9.17) is 9.40 Å². The van der Waals surface area contributed by atoms with Crippen molar-refractivity contribution in [3.8, 4) is 11.5 Å². The highest BCUT2D eigenvalue weighted by Crippen LogP contribution is 2.41. The van der Waals surface area contributed by atoms with Gasteiger partial charge in [0.1, 0.15) is 5.52 Å². The Balaban J connectivity index is 1.17. The van der Waals surface area contributed by atoms with E-state index in [2.05, 4.69) is 192 Å². The average molecular weight is 630 g/mol. The monoisotopic (exact) mass is 629 g/mol. The molecule has 1 aromatic heterocycles. The van der Waals surface area contributed by atoms with Crippen molar-refractivity contribution >= 4 is 66.8 Å². The number of benzene rings is 8. The van der Waals surface area contributed by atoms with E-state index in [9.17, 15) is 0 Å². The third kappa shape index (κ3) is 5.26. The quantitative estimate of drug-likeness (QED) is 0.164. The Hall–Kier alpha value is -6.65. The van der Waals surface area contributed by atoms with Crippen LogP contribution in [0.3, 0.4) is 0 Å². The molecule has 0 N–H and O–H groups in total. The van der Waals surface area contributed by atoms with Gasteiger partial charge < -0.3 is 14.2 Å². The second kappa shape index (κ2) is 12.2. The Morgan fingerprint density at radius 2 is 0.878 bits per heavy atom. The first-order chi connectivity index (χ1) is 24.3. The summed E-state index contributed by atoms with van der Waals surface area (Å²) >= 11 is 0. The fourth-order valence-electron chi connectivity index (χ4n) is 6.77. The van der Waals surface area contributed by atoms with Gasteiger partial charge in [0.15, 0.2) is 5.58 Å². The predicted molar refractivity (Wildman–Crippen MR) is 204 cm³/mol. The number of para-hydroxylation sites is 3. The smallest absolute Gasteiger partial charge is 0.227 e. The molecule has 4 nitrogen and oxygen atoms in total. The van der Waals surface area contributed by atoms with Crippen molar-refractivity contribution in [2.75, 3.05) is 9.80 Å². The maximum Gasteiger partial charge on any atom is 0.227 e. The van der Waals surface area contributed by atoms with E-state index in [1.54, 1.807) is 0 Å². The maximum absolute atomic E-state index is 6.63. The second-order valence-electron chi connectivity index (χ2n) is 12.1. The van der Waals surface area contributed by atoms with Gasteiger partial charge in [-0.3, -0.25) is 0 Å². The highest BCUT2D eigenvalue weighted by molar-refractivity contribution is 6.17. The minimum atomic E-state index is 0.596. The minimum Gasteiger partial charge on any atom is -0.435 e. The molecule has 8 aromatic carbocycles. The molecule has 0 bridgehead atoms. The molecule has 0 aliphatic heterocycles. The molecule has 9 aromatic rings. The summed E-state index contributed by atoms with van der Waals surface area (Å²) in [6.07, 6.45) is 0. The van der Waals surface area contributed by atoms with Crippen LogP contribution in [0.15, 0.2) is 192 Å². The summed E-state index contributed by atoms with van der Waals surface area (Å²) in [6, 6.07) is 65.6. The summed E-state index contributed by atoms with van der Waals surface area (Å²) in [5.74, 6) is 0.596. The number of hydrogen-bond acceptors (Lipinski definition) is 4. The summed E-state index contributed by atoms with van der Waals surface area (Å²) in [4.78, 5) is 9.57. The number of hydrogen-bond donors (Lipinski definition) is 0. The SMILES string of the molecule is c1ccc(N(c2ccccc2)c2cccc(N(c3ccccc3)c3cccc(-c4nc5ccc6ccc7ccccc7c6c5o4)c3)c2)cc1. The third-order valence-corrected chi connectivity index (χ3v) is 9.00. The predicted octanol–water partition coefficient (Wildman–Crippen LogP) is 12.7. The Morgan fingerprint density at radius 3 is 1.53 bits per heavy atom. The van der Waals surface area contributed by atoms with Crippen molar-refractivity contribution in [2.45, 2.75) is 0 Å². The van der Waals surface area contributed by atoms with Crippen molar-refractivity contribution in [1.29, 1.82) is 0 Å². The zero-order valence-corrected chi connectivity index (χ0v) is 26.6. The number of rotatable bonds is 7. The third-order valence-electron chi connectivity index (χ3n) is 9.00. The summed E-state index contributed by atoms with van der Waals surface area (Å²) < 4.78 is 6.63. The van der Waals surface area contributed by atoms with Crippen LogP contribution in [0.4, 0.5) is 34.1 Å². The molecule has 0 radical (unpaired) electrons. The largest absolute Gasteiger partial charge is 0.435 e. The number of anilines is 6. The van der Waals surface area contributed by atoms with Gasteiger partial charge in [0.2, 0.25) is 5.89 Å². The highest BCUT2D eigenvalue weighted by atomic mass is 16.3. The summed E-state index contributed by atoms with van der Waals surface area (Å²) in [7, 11) is 0. The standard InChI is InChI=1S/C45H31N3O/c1-4-16-35(17-5-1)47(36-18-6-2-7-19-36)39-23-13-24-40(31-39)48(37-20-8-3-9-21-37)38-22-12-15-34(30-38)45-46-42-29-28-33-27-26-32-14-10-11-25-41(32)43(33)44(42)49-45/h1-31H. The molecule has 0 saturated heterocycles. The fourth-order valence-corrected chi connectivity index (χ4v) is 6.77. The molecule has 0 unspecified atom stereocenters. The zero-order valence-electron chi connectivity index (χ0n) is 26.6. The molecule has 0 aliphatic carbocycles. The minimum absolute atomic E-state index is 0.596. The van der Waals surface area contributed by atoms with Crippen molar-refractivity contribution in [1.82, 2.24) is 4.98 Å². The van der Waals surface area contributed by atoms with E-state index >= 15 is 0 Å². The molecule has 0 amide bonds. The molecule has 0 spiro atoms. The maximum atomic E-state index is 6.63. The van der Waals surface area contributed by atoms with Crippen LogP contribution in [0.2, 0.25) is 0 Å². The van der Waals surface area contributed by atoms with Gasteiger partial charge in [0.05, 0.1) is 0 Å². The van der Waals surface area contributed by atoms with Gasteiger partial charge in [-0.15, -0.1) is 0 Å². The van der Waals surface area contributed by atoms with Gasteiger partial charge in [-0.1, -0.05) is 109 Å². The van der Waals surface area contributed by atoms with Gasteiger partial charge in [-0.05, 0) is 95.0 Å². The first kappa shape index (κ1) is 28.6. The molecule has 49 heavy (non-hydrogen) atoms. The Kier molecular flexibility index (Phi) is 7.10. The van der Waals surface area contributed by atoms with Crippen molar-refractivity contribution in [3.05, 3.63) is 188 Å². The summed E-state index contributed by atoms with van der Waals surface area (Å²) in [5.41, 5.74) is 8.91. The number of nitrogens with zero attached hydrogens (tertiary/aromatic N) is 3. The van der Waals surface area contributed by atoms with E-state index in [-0.39, 0.29) is 0 Å². The molecule has 0 saturated carbocycles. The van der Waals surface area contributed by atoms with Crippen LogP contribution in [-0.4, -0.2) is 4.98 Å². The molecule has 0 fully saturated rings. The molecule has 232 valence electrons. The number of aromatic nitrogens is 1. The van der Waals surface area contributed by atoms with Crippen LogP contribution < -0.4 is 9.80 Å². The van der Waals surface area contributed by atoms with Crippen LogP contribution in [0.25, 0.3) is 44.1 Å². The van der Waals surface area contributed by atoms with E-state index in [0.717, 1.165) is 66.9 Å². The van der Waals surface area contributed by atoms with E-state index < -0.39 is 0 Å². The molecule has 0 atom stereocenters. The lowest BCUT2D eigenvalue weighted by molar-refractivity contribution is 0.623. The topological polar surface area (TPSA) is 32.5 Å². The van der Waals surface area contributed by atoms with Crippen LogP contribution in [0.1, 0.15) is 0 Å². The zero-order chi connectivity index (χ0) is 32.6. The summed E-state index contributed by atoms with van der Waals surface area (Å²) in [6.45, 7) is 0. The molecule has 1 heterocycles. The lowest BCUT2D eigenvalue weighted by atomic mass is 10.0. The second-order valence-corrected chi connectivity index (χ2v) is 12.1. The number of fused-ring (bicyclic) bond motifs is 5. The van der Waals surface area contributed by atoms with Crippen molar-refractivity contribution in [3.63, 3.8) is 0 Å². The van der Waals surface area contributed by atoms with Gasteiger partial charge in [0.25, 0.3) is 0 Å². The first-order valence-electron chi connectivity index (χ1n) is 16.5. The van der Waals surface area contributed by atoms with Gasteiger partial charge in [0, 0.05) is 45.1 Å². The molecule has 4 heteroatoms. The van der Waals surface area contributed by atoms with Crippen molar-refractivity contribution in [2.24, 2.45) is 0 Å². The summed E-state index contributed by atoms with van der Waals surface area (Å²) in [5, 5.41) is 4.57. The van der Waals surface area contributed by atoms with E-state index in [1.165, 1.54) is 5.39 Å². The molecular weight excluding hydrogens is 599 g/mol. The molecule has 9 rings (SSSR count). The van der Waals surface area contributed by atoms with Crippen LogP contribution in [-0.2, 0) is 0 Å². The molecular formula is C45H31N3O. The first-order valence-corrected chi connectivity index (χ1v) is 16.5. The fraction of sp³-hybridized carbons (Fsp3) is 0. The van der Waals surface area contributed by atoms with Crippen LogP contribution >= 0.6 is 0 Å². The normalized spacial score (nSPS) is 11.3. The van der Waals surface area contributed by atoms with Crippen LogP contribution in [0.5, 0.6) is 0 Å². The average Bonchev–Trinajstić information content (AvgIpc) is 3.62. The Labute approximate surface area is 284 Å². The lowest BCUT2D eigenvalue weighted by Crippen LogP contribution is -2.13. The van der Waals surface area contributed by atoms with Crippen LogP contribution in [0, 0.1) is 0 Å². The van der Waals surface area contributed by atoms with Gasteiger partial charge >= 0.3 is 0 Å². The highest BCUT2D eigenvalue weighted by Gasteiger charge is 2.19. The van der Waals surface area contributed by atoms with Crippen molar-refractivity contribution < 1.29 is 4.42 Å². The van der Waals surface area contributed by atoms with Gasteiger partial charge in [-0.2, -0.15) is 0 Å². The van der Waals surface area contributed by atoms with E-state index in [0.29, 0.717) is 5.89 Å². The molecule has 0 aliphatic rings. The Bertz CT molecular complexity index is 2520. The van der Waals surface area contributed by atoms with Gasteiger partial charge in [-0.25, -0.2) is 4.98 Å². The number of oxazole rings is 1. The van der Waals surface area contributed by atoms with E-state index in [1.807, 2.05) is 6.07 Å². The Morgan fingerprint density at radius 1 is 0.388 bits per heavy atom.